The van der Waals surface area contributed by atoms with Crippen molar-refractivity contribution in [3.63, 3.8) is 0 Å². The Bertz CT molecular complexity index is 986. The van der Waals surface area contributed by atoms with Crippen molar-refractivity contribution in [3.05, 3.63) is 16.1 Å². The van der Waals surface area contributed by atoms with Crippen molar-refractivity contribution < 1.29 is 24.2 Å². The maximum atomic E-state index is 14.4. The van der Waals surface area contributed by atoms with Crippen LogP contribution in [0.15, 0.2) is 5.38 Å². The first kappa shape index (κ1) is 36.2. The fourth-order valence-electron chi connectivity index (χ4n) is 5.65. The highest BCUT2D eigenvalue weighted by Crippen LogP contribution is 2.29. The third-order valence-electron chi connectivity index (χ3n) is 8.67. The molecule has 0 saturated carbocycles. The SMILES string of the molecule is CCCCCCN(C(=O)[C@@H](NC(=O)[C@H]1C[C@H](C)CCN1C)[C@@H](C)CC)[C@H](C[C@@H](O)c1nc(C(=O)OCC)cs1)C(C)C. The zero-order valence-corrected chi connectivity index (χ0v) is 28.0. The van der Waals surface area contributed by atoms with Gasteiger partial charge in [-0.15, -0.1) is 11.3 Å². The number of aliphatic hydroxyl groups excluding tert-OH is 1. The van der Waals surface area contributed by atoms with Crippen LogP contribution in [0.3, 0.4) is 0 Å². The van der Waals surface area contributed by atoms with Crippen LogP contribution in [0.25, 0.3) is 0 Å². The molecule has 1 aliphatic heterocycles. The Hall–Kier alpha value is -2.04. The maximum absolute atomic E-state index is 14.4. The van der Waals surface area contributed by atoms with E-state index in [1.165, 1.54) is 11.3 Å². The van der Waals surface area contributed by atoms with Gasteiger partial charge in [0.05, 0.1) is 12.6 Å². The number of rotatable bonds is 17. The molecule has 1 aromatic heterocycles. The summed E-state index contributed by atoms with van der Waals surface area (Å²) in [7, 11) is 1.98. The number of likely N-dealkylation sites (tertiary alicyclic amines) is 1. The molecule has 10 heteroatoms. The van der Waals surface area contributed by atoms with Gasteiger partial charge in [-0.1, -0.05) is 67.2 Å². The van der Waals surface area contributed by atoms with Crippen LogP contribution in [-0.2, 0) is 14.3 Å². The minimum atomic E-state index is -0.939. The lowest BCUT2D eigenvalue weighted by molar-refractivity contribution is -0.143. The summed E-state index contributed by atoms with van der Waals surface area (Å²) in [4.78, 5) is 48.5. The van der Waals surface area contributed by atoms with E-state index in [-0.39, 0.29) is 54.5 Å². The molecular weight excluding hydrogens is 552 g/mol. The first-order chi connectivity index (χ1) is 19.9. The third-order valence-corrected chi connectivity index (χ3v) is 9.62. The molecule has 1 aliphatic rings. The quantitative estimate of drug-likeness (QED) is 0.179. The van der Waals surface area contributed by atoms with E-state index >= 15 is 0 Å². The Balaban J connectivity index is 2.33. The van der Waals surface area contributed by atoms with E-state index < -0.39 is 18.1 Å². The molecule has 42 heavy (non-hydrogen) atoms. The van der Waals surface area contributed by atoms with Crippen molar-refractivity contribution in [2.75, 3.05) is 26.7 Å². The van der Waals surface area contributed by atoms with Crippen LogP contribution in [0.2, 0.25) is 0 Å². The lowest BCUT2D eigenvalue weighted by Gasteiger charge is -2.40. The molecule has 1 fully saturated rings. The maximum Gasteiger partial charge on any atom is 0.357 e. The molecule has 9 nitrogen and oxygen atoms in total. The number of hydrogen-bond donors (Lipinski definition) is 2. The summed E-state index contributed by atoms with van der Waals surface area (Å²) < 4.78 is 5.05. The second-order valence-electron chi connectivity index (χ2n) is 12.4. The highest BCUT2D eigenvalue weighted by atomic mass is 32.1. The summed E-state index contributed by atoms with van der Waals surface area (Å²) in [5.74, 6) is -0.202. The molecule has 0 aliphatic carbocycles. The summed E-state index contributed by atoms with van der Waals surface area (Å²) in [5, 5.41) is 16.5. The van der Waals surface area contributed by atoms with Crippen molar-refractivity contribution >= 4 is 29.1 Å². The summed E-state index contributed by atoms with van der Waals surface area (Å²) in [6.45, 7) is 15.9. The van der Waals surface area contributed by atoms with Gasteiger partial charge in [-0.05, 0) is 57.5 Å². The van der Waals surface area contributed by atoms with E-state index in [2.05, 4.69) is 42.9 Å². The predicted molar refractivity (Wildman–Crippen MR) is 168 cm³/mol. The Morgan fingerprint density at radius 2 is 1.90 bits per heavy atom. The predicted octanol–water partition coefficient (Wildman–Crippen LogP) is 5.44. The fraction of sp³-hybridized carbons (Fsp3) is 0.812. The van der Waals surface area contributed by atoms with Gasteiger partial charge in [0.15, 0.2) is 5.69 Å². The Labute approximate surface area is 257 Å². The number of hydrogen-bond acceptors (Lipinski definition) is 8. The number of aromatic nitrogens is 1. The number of unbranched alkanes of at least 4 members (excludes halogenated alkanes) is 3. The number of carbonyl (C=O) groups excluding carboxylic acids is 3. The van der Waals surface area contributed by atoms with Gasteiger partial charge in [0.25, 0.3) is 0 Å². The van der Waals surface area contributed by atoms with Gasteiger partial charge in [0.2, 0.25) is 11.8 Å². The first-order valence-corrected chi connectivity index (χ1v) is 16.9. The van der Waals surface area contributed by atoms with Crippen LogP contribution >= 0.6 is 11.3 Å². The smallest absolute Gasteiger partial charge is 0.357 e. The Morgan fingerprint density at radius 3 is 2.52 bits per heavy atom. The standard InChI is InChI=1S/C32H56N4O5S/c1-9-12-13-14-16-36(25(21(4)5)19-27(37)30-33-24(20-42-30)32(40)41-11-3)31(39)28(23(7)10-2)34-29(38)26-18-22(6)15-17-35(26)8/h20-23,25-28,37H,9-19H2,1-8H3,(H,34,38)/t22-,23+,25-,26-,27-,28+/m1/s1. The topological polar surface area (TPSA) is 112 Å². The van der Waals surface area contributed by atoms with Crippen LogP contribution < -0.4 is 5.32 Å². The largest absolute Gasteiger partial charge is 0.461 e. The summed E-state index contributed by atoms with van der Waals surface area (Å²) in [6.07, 6.45) is 5.99. The van der Waals surface area contributed by atoms with E-state index in [4.69, 9.17) is 4.74 Å². The van der Waals surface area contributed by atoms with Crippen molar-refractivity contribution in [2.24, 2.45) is 17.8 Å². The summed E-state index contributed by atoms with van der Waals surface area (Å²) in [6, 6.07) is -1.16. The van der Waals surface area contributed by atoms with Crippen molar-refractivity contribution in [1.29, 1.82) is 0 Å². The molecule has 0 bridgehead atoms. The van der Waals surface area contributed by atoms with E-state index in [1.54, 1.807) is 12.3 Å². The number of nitrogens with zero attached hydrogens (tertiary/aromatic N) is 3. The van der Waals surface area contributed by atoms with Crippen LogP contribution in [-0.4, -0.2) is 82.5 Å². The number of aliphatic hydroxyl groups is 1. The molecule has 0 aromatic carbocycles. The van der Waals surface area contributed by atoms with E-state index in [0.717, 1.165) is 51.5 Å². The van der Waals surface area contributed by atoms with Crippen molar-refractivity contribution in [2.45, 2.75) is 124 Å². The summed E-state index contributed by atoms with van der Waals surface area (Å²) in [5.41, 5.74) is 0.186. The van der Waals surface area contributed by atoms with Crippen LogP contribution in [0.4, 0.5) is 0 Å². The average Bonchev–Trinajstić information content (AvgIpc) is 3.46. The number of nitrogens with one attached hydrogen (secondary N) is 1. The molecule has 1 aromatic rings. The highest BCUT2D eigenvalue weighted by molar-refractivity contribution is 7.09. The van der Waals surface area contributed by atoms with Gasteiger partial charge < -0.3 is 20.1 Å². The molecular formula is C32H56N4O5S. The van der Waals surface area contributed by atoms with Gasteiger partial charge in [0, 0.05) is 24.4 Å². The van der Waals surface area contributed by atoms with E-state index in [0.29, 0.717) is 17.5 Å². The molecule has 2 rings (SSSR count). The highest BCUT2D eigenvalue weighted by Gasteiger charge is 2.38. The third kappa shape index (κ3) is 10.3. The van der Waals surface area contributed by atoms with Crippen molar-refractivity contribution in [3.8, 4) is 0 Å². The first-order valence-electron chi connectivity index (χ1n) is 16.1. The van der Waals surface area contributed by atoms with E-state index in [9.17, 15) is 19.5 Å². The minimum Gasteiger partial charge on any atom is -0.461 e. The number of amides is 2. The zero-order valence-electron chi connectivity index (χ0n) is 27.2. The molecule has 0 radical (unpaired) electrons. The lowest BCUT2D eigenvalue weighted by Crippen LogP contribution is -2.59. The van der Waals surface area contributed by atoms with Gasteiger partial charge in [-0.2, -0.15) is 0 Å². The Kier molecular flexibility index (Phi) is 15.4. The van der Waals surface area contributed by atoms with E-state index in [1.807, 2.05) is 25.8 Å². The molecule has 1 saturated heterocycles. The number of thiazole rings is 1. The molecule has 2 amide bonds. The molecule has 240 valence electrons. The second-order valence-corrected chi connectivity index (χ2v) is 13.3. The molecule has 0 unspecified atom stereocenters. The molecule has 2 N–H and O–H groups in total. The molecule has 0 spiro atoms. The minimum absolute atomic E-state index is 0.0465. The average molecular weight is 609 g/mol. The van der Waals surface area contributed by atoms with Gasteiger partial charge in [-0.3, -0.25) is 14.5 Å². The monoisotopic (exact) mass is 608 g/mol. The molecule has 6 atom stereocenters. The number of carbonyl (C=O) groups is 3. The lowest BCUT2D eigenvalue weighted by atomic mass is 9.90. The second kappa shape index (κ2) is 17.9. The van der Waals surface area contributed by atoms with Crippen LogP contribution in [0.5, 0.6) is 0 Å². The molecule has 2 heterocycles. The number of piperidine rings is 1. The summed E-state index contributed by atoms with van der Waals surface area (Å²) >= 11 is 1.22. The number of esters is 1. The van der Waals surface area contributed by atoms with Crippen LogP contribution in [0.1, 0.15) is 121 Å². The van der Waals surface area contributed by atoms with Crippen molar-refractivity contribution in [1.82, 2.24) is 20.1 Å². The number of ether oxygens (including phenoxy) is 1. The van der Waals surface area contributed by atoms with Gasteiger partial charge in [0.1, 0.15) is 17.2 Å². The van der Waals surface area contributed by atoms with Gasteiger partial charge in [-0.25, -0.2) is 9.78 Å². The van der Waals surface area contributed by atoms with Gasteiger partial charge >= 0.3 is 5.97 Å². The zero-order chi connectivity index (χ0) is 31.4. The number of likely N-dealkylation sites (N-methyl/N-ethyl adjacent to an activating group) is 1. The fourth-order valence-corrected chi connectivity index (χ4v) is 6.44. The van der Waals surface area contributed by atoms with Crippen LogP contribution in [0, 0.1) is 17.8 Å². The normalized spacial score (nSPS) is 20.5. The Morgan fingerprint density at radius 1 is 1.19 bits per heavy atom.